The molecule has 6 heteroatoms. The Hall–Kier alpha value is -1.69. The Bertz CT molecular complexity index is 357. The first-order valence-corrected chi connectivity index (χ1v) is 4.32. The molecule has 0 spiro atoms. The summed E-state index contributed by atoms with van der Waals surface area (Å²) >= 11 is 0. The second-order valence-electron chi connectivity index (χ2n) is 2.81. The summed E-state index contributed by atoms with van der Waals surface area (Å²) in [5.74, 6) is -0.845. The first-order valence-electron chi connectivity index (χ1n) is 4.32. The average molecular weight is 214 g/mol. The Morgan fingerprint density at radius 1 is 1.60 bits per heavy atom. The van der Waals surface area contributed by atoms with Gasteiger partial charge in [0, 0.05) is 13.7 Å². The van der Waals surface area contributed by atoms with Gasteiger partial charge < -0.3 is 10.1 Å². The van der Waals surface area contributed by atoms with Gasteiger partial charge in [0.05, 0.1) is 11.5 Å². The molecule has 0 saturated heterocycles. The largest absolute Gasteiger partial charge is 0.383 e. The highest BCUT2D eigenvalue weighted by Gasteiger charge is 2.18. The van der Waals surface area contributed by atoms with Crippen LogP contribution >= 0.6 is 0 Å². The topological polar surface area (TPSA) is 64.4 Å². The lowest BCUT2D eigenvalue weighted by atomic mass is 10.2. The first kappa shape index (κ1) is 11.4. The van der Waals surface area contributed by atoms with Gasteiger partial charge in [-0.2, -0.15) is 4.39 Å². The van der Waals surface area contributed by atoms with Crippen molar-refractivity contribution in [3.05, 3.63) is 34.1 Å². The molecule has 0 unspecified atom stereocenters. The third kappa shape index (κ3) is 2.88. The predicted molar refractivity (Wildman–Crippen MR) is 53.4 cm³/mol. The summed E-state index contributed by atoms with van der Waals surface area (Å²) in [7, 11) is 1.52. The number of halogens is 1. The van der Waals surface area contributed by atoms with Crippen LogP contribution in [-0.4, -0.2) is 25.2 Å². The van der Waals surface area contributed by atoms with Gasteiger partial charge >= 0.3 is 5.69 Å². The second kappa shape index (κ2) is 5.26. The summed E-state index contributed by atoms with van der Waals surface area (Å²) in [5.41, 5.74) is -0.370. The lowest BCUT2D eigenvalue weighted by molar-refractivity contribution is -0.386. The summed E-state index contributed by atoms with van der Waals surface area (Å²) in [6, 6.07) is 3.92. The monoisotopic (exact) mass is 214 g/mol. The molecule has 0 heterocycles. The number of rotatable bonds is 5. The standard InChI is InChI=1S/C9H11FN2O3/c1-15-6-5-11-8-4-2-3-7(10)9(8)12(13)14/h2-4,11H,5-6H2,1H3. The zero-order chi connectivity index (χ0) is 11.3. The van der Waals surface area contributed by atoms with E-state index >= 15 is 0 Å². The molecule has 0 aliphatic carbocycles. The summed E-state index contributed by atoms with van der Waals surface area (Å²) in [5, 5.41) is 13.3. The number of nitrogens with zero attached hydrogens (tertiary/aromatic N) is 1. The van der Waals surface area contributed by atoms with Gasteiger partial charge in [0.25, 0.3) is 0 Å². The van der Waals surface area contributed by atoms with Crippen LogP contribution in [0.4, 0.5) is 15.8 Å². The van der Waals surface area contributed by atoms with Crippen molar-refractivity contribution in [3.63, 3.8) is 0 Å². The van der Waals surface area contributed by atoms with Gasteiger partial charge in [0.2, 0.25) is 5.82 Å². The number of anilines is 1. The first-order chi connectivity index (χ1) is 7.16. The summed E-state index contributed by atoms with van der Waals surface area (Å²) in [6.07, 6.45) is 0. The van der Waals surface area contributed by atoms with E-state index in [2.05, 4.69) is 5.32 Å². The lowest BCUT2D eigenvalue weighted by Gasteiger charge is -2.06. The minimum atomic E-state index is -0.845. The van der Waals surface area contributed by atoms with Gasteiger partial charge in [-0.1, -0.05) is 6.07 Å². The second-order valence-corrected chi connectivity index (χ2v) is 2.81. The van der Waals surface area contributed by atoms with Crippen molar-refractivity contribution in [3.8, 4) is 0 Å². The number of hydrogen-bond acceptors (Lipinski definition) is 4. The molecule has 1 rings (SSSR count). The molecule has 1 N–H and O–H groups in total. The molecular formula is C9H11FN2O3. The Kier molecular flexibility index (Phi) is 3.99. The molecule has 82 valence electrons. The third-order valence-corrected chi connectivity index (χ3v) is 1.79. The van der Waals surface area contributed by atoms with E-state index in [0.29, 0.717) is 13.2 Å². The van der Waals surface area contributed by atoms with Crippen LogP contribution in [0.15, 0.2) is 18.2 Å². The number of nitro groups is 1. The van der Waals surface area contributed by atoms with Gasteiger partial charge in [0.1, 0.15) is 5.69 Å². The number of hydrogen-bond donors (Lipinski definition) is 1. The van der Waals surface area contributed by atoms with E-state index in [0.717, 1.165) is 6.07 Å². The fourth-order valence-electron chi connectivity index (χ4n) is 1.13. The van der Waals surface area contributed by atoms with Gasteiger partial charge in [-0.3, -0.25) is 10.1 Å². The highest BCUT2D eigenvalue weighted by molar-refractivity contribution is 5.61. The van der Waals surface area contributed by atoms with Crippen molar-refractivity contribution < 1.29 is 14.1 Å². The van der Waals surface area contributed by atoms with E-state index in [1.807, 2.05) is 0 Å². The molecule has 1 aromatic carbocycles. The predicted octanol–water partition coefficient (Wildman–Crippen LogP) is 1.79. The van der Waals surface area contributed by atoms with Crippen molar-refractivity contribution in [1.82, 2.24) is 0 Å². The Labute approximate surface area is 86.0 Å². The molecule has 1 aromatic rings. The molecule has 0 aromatic heterocycles. The van der Waals surface area contributed by atoms with E-state index < -0.39 is 16.4 Å². The van der Waals surface area contributed by atoms with Gasteiger partial charge in [-0.25, -0.2) is 0 Å². The quantitative estimate of drug-likeness (QED) is 0.461. The number of para-hydroxylation sites is 1. The van der Waals surface area contributed by atoms with Crippen molar-refractivity contribution in [1.29, 1.82) is 0 Å². The highest BCUT2D eigenvalue weighted by atomic mass is 19.1. The summed E-state index contributed by atoms with van der Waals surface area (Å²) in [6.45, 7) is 0.786. The van der Waals surface area contributed by atoms with Crippen LogP contribution in [0.5, 0.6) is 0 Å². The molecular weight excluding hydrogens is 203 g/mol. The SMILES string of the molecule is COCCNc1cccc(F)c1[N+](=O)[O-]. The lowest BCUT2D eigenvalue weighted by Crippen LogP contribution is -2.09. The summed E-state index contributed by atoms with van der Waals surface area (Å²) in [4.78, 5) is 9.82. The maximum absolute atomic E-state index is 13.1. The number of ether oxygens (including phenoxy) is 1. The number of methoxy groups -OCH3 is 1. The van der Waals surface area contributed by atoms with Crippen LogP contribution in [0, 0.1) is 15.9 Å². The minimum Gasteiger partial charge on any atom is -0.383 e. The molecule has 5 nitrogen and oxygen atoms in total. The molecule has 0 radical (unpaired) electrons. The maximum Gasteiger partial charge on any atom is 0.327 e. The normalized spacial score (nSPS) is 10.0. The zero-order valence-electron chi connectivity index (χ0n) is 8.20. The van der Waals surface area contributed by atoms with Crippen molar-refractivity contribution in [2.45, 2.75) is 0 Å². The van der Waals surface area contributed by atoms with Crippen LogP contribution in [0.2, 0.25) is 0 Å². The van der Waals surface area contributed by atoms with E-state index in [9.17, 15) is 14.5 Å². The van der Waals surface area contributed by atoms with Crippen LogP contribution in [0.1, 0.15) is 0 Å². The van der Waals surface area contributed by atoms with E-state index in [4.69, 9.17) is 4.74 Å². The fourth-order valence-corrected chi connectivity index (χ4v) is 1.13. The van der Waals surface area contributed by atoms with Crippen LogP contribution in [0.25, 0.3) is 0 Å². The number of nitro benzene ring substituents is 1. The summed E-state index contributed by atoms with van der Waals surface area (Å²) < 4.78 is 17.9. The van der Waals surface area contributed by atoms with Crippen molar-refractivity contribution in [2.24, 2.45) is 0 Å². The smallest absolute Gasteiger partial charge is 0.327 e. The Balaban J connectivity index is 2.86. The number of benzene rings is 1. The average Bonchev–Trinajstić information content (AvgIpc) is 2.17. The van der Waals surface area contributed by atoms with Crippen molar-refractivity contribution >= 4 is 11.4 Å². The van der Waals surface area contributed by atoms with E-state index in [1.165, 1.54) is 19.2 Å². The van der Waals surface area contributed by atoms with E-state index in [1.54, 1.807) is 0 Å². The molecule has 0 aliphatic rings. The Morgan fingerprint density at radius 2 is 2.33 bits per heavy atom. The molecule has 15 heavy (non-hydrogen) atoms. The number of nitrogens with one attached hydrogen (secondary N) is 1. The van der Waals surface area contributed by atoms with Gasteiger partial charge in [-0.15, -0.1) is 0 Å². The zero-order valence-corrected chi connectivity index (χ0v) is 8.20. The third-order valence-electron chi connectivity index (χ3n) is 1.79. The molecule has 0 bridgehead atoms. The fraction of sp³-hybridized carbons (Fsp3) is 0.333. The van der Waals surface area contributed by atoms with Gasteiger partial charge in [0.15, 0.2) is 0 Å². The molecule has 0 atom stereocenters. The molecule has 0 saturated carbocycles. The van der Waals surface area contributed by atoms with Crippen LogP contribution < -0.4 is 5.32 Å². The van der Waals surface area contributed by atoms with Gasteiger partial charge in [-0.05, 0) is 12.1 Å². The molecule has 0 amide bonds. The molecule has 0 fully saturated rings. The maximum atomic E-state index is 13.1. The highest BCUT2D eigenvalue weighted by Crippen LogP contribution is 2.26. The van der Waals surface area contributed by atoms with Crippen molar-refractivity contribution in [2.75, 3.05) is 25.6 Å². The minimum absolute atomic E-state index is 0.164. The van der Waals surface area contributed by atoms with Crippen LogP contribution in [0.3, 0.4) is 0 Å². The molecule has 0 aliphatic heterocycles. The van der Waals surface area contributed by atoms with E-state index in [-0.39, 0.29) is 5.69 Å². The Morgan fingerprint density at radius 3 is 2.93 bits per heavy atom. The van der Waals surface area contributed by atoms with Crippen LogP contribution in [-0.2, 0) is 4.74 Å².